The van der Waals surface area contributed by atoms with Gasteiger partial charge in [-0.2, -0.15) is 17.6 Å². The zero-order valence-corrected chi connectivity index (χ0v) is 21.9. The van der Waals surface area contributed by atoms with Crippen molar-refractivity contribution in [2.75, 3.05) is 0 Å². The van der Waals surface area contributed by atoms with Gasteiger partial charge in [0, 0.05) is 17.8 Å². The lowest BCUT2D eigenvalue weighted by Crippen LogP contribution is -2.50. The van der Waals surface area contributed by atoms with Crippen LogP contribution in [-0.4, -0.2) is 40.2 Å². The SMILES string of the molecule is CC(C)(CC(=O)O)NC(=O)NC(c1cc(F)cc(OC(F)(F)C(F)F)c1)C(c1ccccc1)c1ccc(Cl)cn1. The first-order chi connectivity index (χ1) is 18.7. The van der Waals surface area contributed by atoms with Crippen LogP contribution in [0.4, 0.5) is 26.7 Å². The van der Waals surface area contributed by atoms with Crippen LogP contribution in [0, 0.1) is 5.82 Å². The number of halogens is 6. The number of amides is 2. The van der Waals surface area contributed by atoms with Gasteiger partial charge < -0.3 is 20.5 Å². The van der Waals surface area contributed by atoms with Gasteiger partial charge in [0.05, 0.1) is 29.1 Å². The number of carboxylic acids is 1. The van der Waals surface area contributed by atoms with Gasteiger partial charge in [-0.25, -0.2) is 9.18 Å². The number of urea groups is 1. The van der Waals surface area contributed by atoms with Crippen molar-refractivity contribution < 1.29 is 41.4 Å². The van der Waals surface area contributed by atoms with E-state index in [-0.39, 0.29) is 5.56 Å². The van der Waals surface area contributed by atoms with Crippen molar-refractivity contribution in [3.05, 3.63) is 94.5 Å². The number of carbonyl (C=O) groups is 2. The molecule has 7 nitrogen and oxygen atoms in total. The van der Waals surface area contributed by atoms with Crippen molar-refractivity contribution in [1.29, 1.82) is 0 Å². The Morgan fingerprint density at radius 3 is 2.30 bits per heavy atom. The van der Waals surface area contributed by atoms with Crippen LogP contribution < -0.4 is 15.4 Å². The lowest BCUT2D eigenvalue weighted by atomic mass is 9.84. The average Bonchev–Trinajstić information content (AvgIpc) is 2.83. The molecule has 2 amide bonds. The maximum Gasteiger partial charge on any atom is 0.461 e. The monoisotopic (exact) mass is 585 g/mol. The number of pyridine rings is 1. The predicted molar refractivity (Wildman–Crippen MR) is 136 cm³/mol. The van der Waals surface area contributed by atoms with E-state index in [2.05, 4.69) is 20.4 Å². The first kappa shape index (κ1) is 30.6. The highest BCUT2D eigenvalue weighted by molar-refractivity contribution is 6.30. The van der Waals surface area contributed by atoms with E-state index in [9.17, 15) is 31.5 Å². The summed E-state index contributed by atoms with van der Waals surface area (Å²) in [6, 6.07) is 11.7. The van der Waals surface area contributed by atoms with E-state index >= 15 is 0 Å². The van der Waals surface area contributed by atoms with E-state index in [0.717, 1.165) is 12.1 Å². The average molecular weight is 586 g/mol. The molecule has 3 rings (SSSR count). The first-order valence-electron chi connectivity index (χ1n) is 11.8. The molecule has 0 saturated carbocycles. The highest BCUT2D eigenvalue weighted by atomic mass is 35.5. The van der Waals surface area contributed by atoms with Crippen molar-refractivity contribution in [1.82, 2.24) is 15.6 Å². The molecule has 0 aliphatic rings. The Kier molecular flexibility index (Phi) is 9.56. The Labute approximate surface area is 231 Å². The molecule has 40 heavy (non-hydrogen) atoms. The molecule has 0 radical (unpaired) electrons. The molecule has 0 bridgehead atoms. The Hall–Kier alpha value is -3.93. The van der Waals surface area contributed by atoms with Crippen molar-refractivity contribution in [3.63, 3.8) is 0 Å². The van der Waals surface area contributed by atoms with Crippen LogP contribution in [0.3, 0.4) is 0 Å². The number of carboxylic acid groups (broad SMARTS) is 1. The molecule has 2 aromatic carbocycles. The lowest BCUT2D eigenvalue weighted by Gasteiger charge is -2.31. The summed E-state index contributed by atoms with van der Waals surface area (Å²) in [7, 11) is 0. The van der Waals surface area contributed by atoms with Gasteiger partial charge in [-0.1, -0.05) is 41.9 Å². The molecule has 13 heteroatoms. The number of ether oxygens (including phenoxy) is 1. The predicted octanol–water partition coefficient (Wildman–Crippen LogP) is 6.54. The van der Waals surface area contributed by atoms with Crippen LogP contribution in [0.25, 0.3) is 0 Å². The second-order valence-corrected chi connectivity index (χ2v) is 9.94. The van der Waals surface area contributed by atoms with Crippen LogP contribution in [0.15, 0.2) is 66.9 Å². The largest absolute Gasteiger partial charge is 0.481 e. The van der Waals surface area contributed by atoms with Gasteiger partial charge in [0.25, 0.3) is 0 Å². The van der Waals surface area contributed by atoms with E-state index in [0.29, 0.717) is 22.3 Å². The third kappa shape index (κ3) is 8.28. The van der Waals surface area contributed by atoms with Gasteiger partial charge in [-0.05, 0) is 49.2 Å². The molecular weight excluding hydrogens is 561 g/mol. The number of rotatable bonds is 11. The second kappa shape index (κ2) is 12.5. The number of hydrogen-bond donors (Lipinski definition) is 3. The van der Waals surface area contributed by atoms with Crippen LogP contribution in [-0.2, 0) is 4.79 Å². The summed E-state index contributed by atoms with van der Waals surface area (Å²) in [5.74, 6) is -4.08. The number of nitrogens with zero attached hydrogens (tertiary/aromatic N) is 1. The van der Waals surface area contributed by atoms with Crippen LogP contribution in [0.5, 0.6) is 5.75 Å². The highest BCUT2D eigenvalue weighted by Gasteiger charge is 2.44. The van der Waals surface area contributed by atoms with Crippen LogP contribution in [0.1, 0.15) is 49.0 Å². The van der Waals surface area contributed by atoms with E-state index in [1.165, 1.54) is 26.1 Å². The van der Waals surface area contributed by atoms with Crippen LogP contribution in [0.2, 0.25) is 5.02 Å². The summed E-state index contributed by atoms with van der Waals surface area (Å²) in [4.78, 5) is 28.7. The third-order valence-electron chi connectivity index (χ3n) is 5.65. The lowest BCUT2D eigenvalue weighted by molar-refractivity contribution is -0.253. The second-order valence-electron chi connectivity index (χ2n) is 9.50. The Bertz CT molecular complexity index is 1330. The molecule has 3 aromatic rings. The summed E-state index contributed by atoms with van der Waals surface area (Å²) in [5.41, 5.74) is -0.471. The number of hydrogen-bond acceptors (Lipinski definition) is 4. The number of nitrogens with one attached hydrogen (secondary N) is 2. The summed E-state index contributed by atoms with van der Waals surface area (Å²) >= 11 is 6.00. The maximum atomic E-state index is 14.7. The fourth-order valence-electron chi connectivity index (χ4n) is 4.06. The van der Waals surface area contributed by atoms with E-state index in [1.807, 2.05) is 0 Å². The molecule has 3 N–H and O–H groups in total. The standard InChI is InChI=1S/C27H25ClF5N3O4/c1-26(2,13-21(37)38)36-25(39)35-23(16-10-18(29)12-19(11-16)40-27(32,33)24(30)31)22(15-6-4-3-5-7-15)20-9-8-17(28)14-34-20/h3-12,14,22-24H,13H2,1-2H3,(H,37,38)(H2,35,36,39). The minimum absolute atomic E-state index is 0.128. The Balaban J connectivity index is 2.15. The molecule has 2 atom stereocenters. The first-order valence-corrected chi connectivity index (χ1v) is 12.2. The highest BCUT2D eigenvalue weighted by Crippen LogP contribution is 2.39. The van der Waals surface area contributed by atoms with E-state index in [4.69, 9.17) is 16.7 Å². The molecule has 1 heterocycles. The molecular formula is C27H25ClF5N3O4. The summed E-state index contributed by atoms with van der Waals surface area (Å²) in [6.07, 6.45) is -8.20. The smallest absolute Gasteiger partial charge is 0.461 e. The van der Waals surface area contributed by atoms with E-state index in [1.54, 1.807) is 36.4 Å². The quantitative estimate of drug-likeness (QED) is 0.222. The molecule has 214 valence electrons. The van der Waals surface area contributed by atoms with Crippen molar-refractivity contribution in [2.45, 2.75) is 50.3 Å². The number of alkyl halides is 4. The minimum Gasteiger partial charge on any atom is -0.481 e. The number of aromatic nitrogens is 1. The van der Waals surface area contributed by atoms with Gasteiger partial charge in [0.1, 0.15) is 11.6 Å². The van der Waals surface area contributed by atoms with Crippen molar-refractivity contribution in [2.24, 2.45) is 0 Å². The van der Waals surface area contributed by atoms with Crippen LogP contribution >= 0.6 is 11.6 Å². The van der Waals surface area contributed by atoms with Gasteiger partial charge in [-0.15, -0.1) is 0 Å². The molecule has 2 unspecified atom stereocenters. The molecule has 0 spiro atoms. The topological polar surface area (TPSA) is 101 Å². The molecule has 1 aromatic heterocycles. The van der Waals surface area contributed by atoms with Crippen molar-refractivity contribution >= 4 is 23.6 Å². The summed E-state index contributed by atoms with van der Waals surface area (Å²) < 4.78 is 71.7. The molecule has 0 saturated heterocycles. The molecule has 0 aliphatic carbocycles. The Morgan fingerprint density at radius 2 is 1.73 bits per heavy atom. The van der Waals surface area contributed by atoms with Gasteiger partial charge >= 0.3 is 24.5 Å². The number of carbonyl (C=O) groups excluding carboxylic acids is 1. The van der Waals surface area contributed by atoms with Crippen molar-refractivity contribution in [3.8, 4) is 5.75 Å². The third-order valence-corrected chi connectivity index (χ3v) is 5.88. The number of aliphatic carboxylic acids is 1. The normalized spacial score (nSPS) is 13.4. The minimum atomic E-state index is -4.91. The zero-order valence-electron chi connectivity index (χ0n) is 21.2. The van der Waals surface area contributed by atoms with Gasteiger partial charge in [0.2, 0.25) is 0 Å². The number of benzene rings is 2. The maximum absolute atomic E-state index is 14.7. The fraction of sp³-hybridized carbons (Fsp3) is 0.296. The van der Waals surface area contributed by atoms with E-state index < -0.39 is 60.0 Å². The summed E-state index contributed by atoms with van der Waals surface area (Å²) in [6.45, 7) is 2.93. The fourth-order valence-corrected chi connectivity index (χ4v) is 4.17. The summed E-state index contributed by atoms with van der Waals surface area (Å²) in [5, 5.41) is 14.6. The molecule has 0 fully saturated rings. The van der Waals surface area contributed by atoms with Gasteiger partial charge in [-0.3, -0.25) is 9.78 Å². The molecule has 0 aliphatic heterocycles. The zero-order chi connectivity index (χ0) is 29.7. The Morgan fingerprint density at radius 1 is 1.05 bits per heavy atom. The van der Waals surface area contributed by atoms with Gasteiger partial charge in [0.15, 0.2) is 0 Å².